The lowest BCUT2D eigenvalue weighted by molar-refractivity contribution is -0.870. The first-order valence-electron chi connectivity index (χ1n) is 28.2. The van der Waals surface area contributed by atoms with Crippen molar-refractivity contribution in [2.24, 2.45) is 0 Å². The largest absolute Gasteiger partial charge is 0.756 e. The summed E-state index contributed by atoms with van der Waals surface area (Å²) in [5.74, 6) is -0.213. The third-order valence-electron chi connectivity index (χ3n) is 12.0. The van der Waals surface area contributed by atoms with E-state index in [-0.39, 0.29) is 12.5 Å². The molecule has 0 bridgehead atoms. The van der Waals surface area contributed by atoms with Crippen LogP contribution in [0.5, 0.6) is 0 Å². The van der Waals surface area contributed by atoms with Gasteiger partial charge in [-0.15, -0.1) is 0 Å². The minimum atomic E-state index is -4.60. The zero-order valence-corrected chi connectivity index (χ0v) is 46.6. The van der Waals surface area contributed by atoms with Crippen LogP contribution >= 0.6 is 7.82 Å². The smallest absolute Gasteiger partial charge is 0.268 e. The van der Waals surface area contributed by atoms with Gasteiger partial charge in [-0.3, -0.25) is 9.36 Å². The number of nitrogens with one attached hydrogen (secondary N) is 1. The van der Waals surface area contributed by atoms with Gasteiger partial charge in [-0.25, -0.2) is 0 Å². The third-order valence-corrected chi connectivity index (χ3v) is 12.9. The van der Waals surface area contributed by atoms with E-state index in [0.717, 1.165) is 83.5 Å². The van der Waals surface area contributed by atoms with Crippen molar-refractivity contribution in [3.63, 3.8) is 0 Å². The van der Waals surface area contributed by atoms with Crippen LogP contribution in [-0.4, -0.2) is 68.5 Å². The molecule has 70 heavy (non-hydrogen) atoms. The lowest BCUT2D eigenvalue weighted by Gasteiger charge is -2.29. The van der Waals surface area contributed by atoms with Crippen LogP contribution in [0.15, 0.2) is 109 Å². The van der Waals surface area contributed by atoms with E-state index in [1.807, 2.05) is 27.2 Å². The molecule has 0 aliphatic heterocycles. The number of likely N-dealkylation sites (N-methyl/N-ethyl adjacent to an activating group) is 1. The SMILES string of the molecule is CC/C=C\C/C=C\C/C=C\C/C=C\C/C=C\C/C=C\C/C=C\CCCCCCCCCCCCCCCCCCCC(=O)NC(COP(=O)([O-])OCC[N+](C)(C)C)C(O)/C=C/CC/C=C/CCCCC. The number of phosphoric ester groups is 1. The number of unbranched alkanes of at least 4 members (excludes halogenated alkanes) is 21. The van der Waals surface area contributed by atoms with Gasteiger partial charge in [0.2, 0.25) is 5.91 Å². The van der Waals surface area contributed by atoms with E-state index in [2.05, 4.69) is 116 Å². The van der Waals surface area contributed by atoms with Gasteiger partial charge in [-0.2, -0.15) is 0 Å². The highest BCUT2D eigenvalue weighted by Gasteiger charge is 2.23. The Kier molecular flexibility index (Phi) is 49.0. The van der Waals surface area contributed by atoms with E-state index in [9.17, 15) is 19.4 Å². The number of aliphatic hydroxyl groups is 1. The van der Waals surface area contributed by atoms with Crippen LogP contribution in [0.4, 0.5) is 0 Å². The molecule has 0 heterocycles. The summed E-state index contributed by atoms with van der Waals surface area (Å²) in [7, 11) is 1.23. The minimum absolute atomic E-state index is 0.00985. The fourth-order valence-electron chi connectivity index (χ4n) is 7.56. The Hall–Kier alpha value is -2.84. The van der Waals surface area contributed by atoms with Crippen molar-refractivity contribution < 1.29 is 32.9 Å². The molecule has 0 aliphatic rings. The number of amides is 1. The maximum atomic E-state index is 12.9. The lowest BCUT2D eigenvalue weighted by Crippen LogP contribution is -2.45. The van der Waals surface area contributed by atoms with Crippen LogP contribution in [0, 0.1) is 0 Å². The van der Waals surface area contributed by atoms with Crippen LogP contribution in [-0.2, 0) is 18.4 Å². The average molecular weight is 996 g/mol. The first-order chi connectivity index (χ1) is 34.0. The Morgan fingerprint density at radius 1 is 0.514 bits per heavy atom. The Morgan fingerprint density at radius 3 is 1.33 bits per heavy atom. The van der Waals surface area contributed by atoms with Crippen molar-refractivity contribution in [2.45, 2.75) is 231 Å². The van der Waals surface area contributed by atoms with Gasteiger partial charge < -0.3 is 28.8 Å². The number of hydrogen-bond acceptors (Lipinski definition) is 6. The number of carbonyl (C=O) groups is 1. The Morgan fingerprint density at radius 2 is 0.886 bits per heavy atom. The molecule has 2 N–H and O–H groups in total. The Balaban J connectivity index is 3.93. The second-order valence-corrected chi connectivity index (χ2v) is 21.3. The van der Waals surface area contributed by atoms with Gasteiger partial charge in [0.1, 0.15) is 13.2 Å². The molecule has 3 atom stereocenters. The molecule has 1 amide bonds. The molecule has 0 saturated carbocycles. The van der Waals surface area contributed by atoms with Crippen LogP contribution in [0.3, 0.4) is 0 Å². The van der Waals surface area contributed by atoms with Gasteiger partial charge in [-0.05, 0) is 89.9 Å². The van der Waals surface area contributed by atoms with Crippen LogP contribution in [0.1, 0.15) is 219 Å². The van der Waals surface area contributed by atoms with E-state index >= 15 is 0 Å². The van der Waals surface area contributed by atoms with Crippen LogP contribution < -0.4 is 10.2 Å². The summed E-state index contributed by atoms with van der Waals surface area (Å²) in [6, 6.07) is -0.905. The summed E-state index contributed by atoms with van der Waals surface area (Å²) >= 11 is 0. The summed E-state index contributed by atoms with van der Waals surface area (Å²) in [4.78, 5) is 25.3. The van der Waals surface area contributed by atoms with E-state index < -0.39 is 26.6 Å². The van der Waals surface area contributed by atoms with E-state index in [4.69, 9.17) is 9.05 Å². The van der Waals surface area contributed by atoms with Gasteiger partial charge in [0.25, 0.3) is 7.82 Å². The van der Waals surface area contributed by atoms with E-state index in [1.165, 1.54) is 116 Å². The third kappa shape index (κ3) is 53.0. The molecule has 0 radical (unpaired) electrons. The number of phosphoric acid groups is 1. The molecule has 0 fully saturated rings. The quantitative estimate of drug-likeness (QED) is 0.0272. The van der Waals surface area contributed by atoms with Gasteiger partial charge in [0.15, 0.2) is 0 Å². The zero-order chi connectivity index (χ0) is 51.3. The topological polar surface area (TPSA) is 108 Å². The molecule has 8 nitrogen and oxygen atoms in total. The maximum Gasteiger partial charge on any atom is 0.268 e. The maximum absolute atomic E-state index is 12.9. The molecule has 3 unspecified atom stereocenters. The number of rotatable bonds is 50. The van der Waals surface area contributed by atoms with Crippen molar-refractivity contribution in [1.82, 2.24) is 5.32 Å². The van der Waals surface area contributed by atoms with E-state index in [1.54, 1.807) is 6.08 Å². The molecule has 0 saturated heterocycles. The number of aliphatic hydroxyl groups excluding tert-OH is 1. The molecule has 0 aromatic rings. The molecular weight excluding hydrogens is 888 g/mol. The molecule has 0 aromatic carbocycles. The predicted octanol–water partition coefficient (Wildman–Crippen LogP) is 16.6. The van der Waals surface area contributed by atoms with E-state index in [0.29, 0.717) is 17.4 Å². The van der Waals surface area contributed by atoms with Crippen LogP contribution in [0.2, 0.25) is 0 Å². The summed E-state index contributed by atoms with van der Waals surface area (Å²) in [5, 5.41) is 13.7. The normalized spacial score (nSPS) is 14.8. The van der Waals surface area contributed by atoms with Crippen molar-refractivity contribution in [2.75, 3.05) is 40.9 Å². The molecule has 0 rings (SSSR count). The number of hydrogen-bond donors (Lipinski definition) is 2. The minimum Gasteiger partial charge on any atom is -0.756 e. The second-order valence-electron chi connectivity index (χ2n) is 19.9. The van der Waals surface area contributed by atoms with Crippen molar-refractivity contribution >= 4 is 13.7 Å². The molecule has 0 aliphatic carbocycles. The highest BCUT2D eigenvalue weighted by atomic mass is 31.2. The Bertz CT molecular complexity index is 1500. The lowest BCUT2D eigenvalue weighted by atomic mass is 10.0. The summed E-state index contributed by atoms with van der Waals surface area (Å²) in [5.41, 5.74) is 0. The van der Waals surface area contributed by atoms with Crippen molar-refractivity contribution in [3.05, 3.63) is 109 Å². The van der Waals surface area contributed by atoms with Gasteiger partial charge in [-0.1, -0.05) is 232 Å². The van der Waals surface area contributed by atoms with Crippen LogP contribution in [0.25, 0.3) is 0 Å². The Labute approximate surface area is 431 Å². The number of carbonyl (C=O) groups excluding carboxylic acids is 1. The number of nitrogens with zero attached hydrogens (tertiary/aromatic N) is 1. The fraction of sp³-hybridized carbons (Fsp3) is 0.689. The first kappa shape index (κ1) is 67.2. The highest BCUT2D eigenvalue weighted by molar-refractivity contribution is 7.45. The van der Waals surface area contributed by atoms with Crippen molar-refractivity contribution in [1.29, 1.82) is 0 Å². The van der Waals surface area contributed by atoms with Gasteiger partial charge in [0, 0.05) is 6.42 Å². The summed E-state index contributed by atoms with van der Waals surface area (Å²) < 4.78 is 23.2. The monoisotopic (exact) mass is 995 g/mol. The van der Waals surface area contributed by atoms with Gasteiger partial charge in [0.05, 0.1) is 39.9 Å². The number of allylic oxidation sites excluding steroid dienone is 17. The van der Waals surface area contributed by atoms with Crippen molar-refractivity contribution in [3.8, 4) is 0 Å². The standard InChI is InChI=1S/C61H107N2O6P/c1-6-8-10-12-14-16-17-18-19-20-21-22-23-24-25-26-27-28-29-30-31-32-33-34-35-36-37-38-39-40-41-42-43-44-45-47-49-51-53-55-61(65)62-59(58-69-70(66,67)68-57-56-63(3,4)5)60(64)54-52-50-48-46-15-13-11-9-7-2/h8,10,14-16,18-19,21-22,24-25,27-28,30-31,46,52,54,59-60,64H,6-7,9,11-13,17,20,23,26,29,32-45,47-51,53,55-58H2,1-5H3,(H-,62,65,66,67)/b10-8-,16-14-,19-18-,22-21-,25-24-,28-27-,31-30-,46-15+,54-52+. The summed E-state index contributed by atoms with van der Waals surface area (Å²) in [6.07, 6.45) is 74.9. The van der Waals surface area contributed by atoms with Gasteiger partial charge >= 0.3 is 0 Å². The highest BCUT2D eigenvalue weighted by Crippen LogP contribution is 2.38. The second kappa shape index (κ2) is 51.1. The molecule has 402 valence electrons. The number of quaternary nitrogens is 1. The fourth-order valence-corrected chi connectivity index (χ4v) is 8.28. The molecule has 9 heteroatoms. The molecule has 0 spiro atoms. The predicted molar refractivity (Wildman–Crippen MR) is 302 cm³/mol. The summed E-state index contributed by atoms with van der Waals surface area (Å²) in [6.45, 7) is 4.44. The molecular formula is C61H107N2O6P. The zero-order valence-electron chi connectivity index (χ0n) is 45.7. The first-order valence-corrected chi connectivity index (χ1v) is 29.7. The average Bonchev–Trinajstić information content (AvgIpc) is 3.32. The molecule has 0 aromatic heterocycles.